The van der Waals surface area contributed by atoms with E-state index in [-0.39, 0.29) is 10.9 Å². The Morgan fingerprint density at radius 3 is 2.58 bits per heavy atom. The second-order valence-corrected chi connectivity index (χ2v) is 6.12. The number of pyridine rings is 2. The van der Waals surface area contributed by atoms with E-state index in [2.05, 4.69) is 14.7 Å². The highest BCUT2D eigenvalue weighted by molar-refractivity contribution is 7.92. The lowest BCUT2D eigenvalue weighted by atomic mass is 10.2. The lowest BCUT2D eigenvalue weighted by molar-refractivity contribution is 0.600. The van der Waals surface area contributed by atoms with Crippen LogP contribution < -0.4 is 4.72 Å². The van der Waals surface area contributed by atoms with E-state index < -0.39 is 10.0 Å². The van der Waals surface area contributed by atoms with Gasteiger partial charge in [0.1, 0.15) is 5.15 Å². The van der Waals surface area contributed by atoms with Crippen LogP contribution in [0.5, 0.6) is 0 Å². The van der Waals surface area contributed by atoms with Gasteiger partial charge in [0.2, 0.25) is 10.0 Å². The molecule has 0 saturated carbocycles. The molecule has 0 saturated heterocycles. The van der Waals surface area contributed by atoms with Crippen LogP contribution in [0.15, 0.2) is 42.9 Å². The number of hydrogen-bond acceptors (Lipinski definition) is 4. The van der Waals surface area contributed by atoms with E-state index in [1.165, 1.54) is 12.3 Å². The minimum atomic E-state index is -3.41. The van der Waals surface area contributed by atoms with Crippen molar-refractivity contribution in [3.63, 3.8) is 0 Å². The number of aryl methyl sites for hydroxylation is 1. The molecule has 100 valence electrons. The van der Waals surface area contributed by atoms with Gasteiger partial charge < -0.3 is 0 Å². The van der Waals surface area contributed by atoms with Gasteiger partial charge in [-0.2, -0.15) is 0 Å². The zero-order chi connectivity index (χ0) is 13.7. The molecule has 0 unspecified atom stereocenters. The van der Waals surface area contributed by atoms with Crippen LogP contribution in [-0.4, -0.2) is 24.1 Å². The van der Waals surface area contributed by atoms with Gasteiger partial charge in [0.15, 0.2) is 0 Å². The fourth-order valence-corrected chi connectivity index (χ4v) is 2.76. The highest BCUT2D eigenvalue weighted by Crippen LogP contribution is 2.14. The standard InChI is InChI=1S/C12H12ClN3O2S/c13-12-9-11(3-7-15-12)16-19(17,18)8-4-10-1-5-14-6-2-10/h1-3,5-7,9H,4,8H2,(H,15,16). The fourth-order valence-electron chi connectivity index (χ4n) is 1.50. The molecule has 2 heterocycles. The van der Waals surface area contributed by atoms with Crippen LogP contribution in [0.4, 0.5) is 5.69 Å². The van der Waals surface area contributed by atoms with Crippen LogP contribution >= 0.6 is 11.6 Å². The van der Waals surface area contributed by atoms with E-state index in [1.54, 1.807) is 30.6 Å². The number of sulfonamides is 1. The Balaban J connectivity index is 1.99. The van der Waals surface area contributed by atoms with Gasteiger partial charge >= 0.3 is 0 Å². The third-order valence-electron chi connectivity index (χ3n) is 2.41. The summed E-state index contributed by atoms with van der Waals surface area (Å²) in [6.07, 6.45) is 5.15. The third kappa shape index (κ3) is 4.50. The zero-order valence-corrected chi connectivity index (χ0v) is 11.5. The molecule has 0 fully saturated rings. The van der Waals surface area contributed by atoms with Crippen molar-refractivity contribution < 1.29 is 8.42 Å². The number of nitrogens with zero attached hydrogens (tertiary/aromatic N) is 2. The summed E-state index contributed by atoms with van der Waals surface area (Å²) in [5.41, 5.74) is 1.34. The summed E-state index contributed by atoms with van der Waals surface area (Å²) >= 11 is 5.69. The Kier molecular flexibility index (Phi) is 4.34. The largest absolute Gasteiger partial charge is 0.283 e. The van der Waals surface area contributed by atoms with Crippen molar-refractivity contribution in [3.8, 4) is 0 Å². The van der Waals surface area contributed by atoms with E-state index in [4.69, 9.17) is 11.6 Å². The molecule has 0 aromatic carbocycles. The van der Waals surface area contributed by atoms with Crippen molar-refractivity contribution in [2.24, 2.45) is 0 Å². The van der Waals surface area contributed by atoms with Crippen LogP contribution in [-0.2, 0) is 16.4 Å². The maximum Gasteiger partial charge on any atom is 0.233 e. The predicted octanol–water partition coefficient (Wildman–Crippen LogP) is 2.11. The first-order valence-electron chi connectivity index (χ1n) is 5.56. The maximum atomic E-state index is 11.9. The van der Waals surface area contributed by atoms with Crippen LogP contribution in [0, 0.1) is 0 Å². The molecule has 0 atom stereocenters. The van der Waals surface area contributed by atoms with Crippen LogP contribution in [0.3, 0.4) is 0 Å². The van der Waals surface area contributed by atoms with E-state index >= 15 is 0 Å². The van der Waals surface area contributed by atoms with Gasteiger partial charge in [0.05, 0.1) is 11.4 Å². The van der Waals surface area contributed by atoms with Gasteiger partial charge in [-0.15, -0.1) is 0 Å². The van der Waals surface area contributed by atoms with Crippen LogP contribution in [0.25, 0.3) is 0 Å². The van der Waals surface area contributed by atoms with Gasteiger partial charge in [-0.1, -0.05) is 11.6 Å². The zero-order valence-electron chi connectivity index (χ0n) is 9.95. The number of anilines is 1. The highest BCUT2D eigenvalue weighted by atomic mass is 35.5. The first-order chi connectivity index (χ1) is 9.05. The minimum Gasteiger partial charge on any atom is -0.283 e. The van der Waals surface area contributed by atoms with Gasteiger partial charge in [-0.25, -0.2) is 13.4 Å². The molecule has 5 nitrogen and oxygen atoms in total. The normalized spacial score (nSPS) is 11.2. The molecule has 0 radical (unpaired) electrons. The summed E-state index contributed by atoms with van der Waals surface area (Å²) in [5.74, 6) is -0.00302. The fraction of sp³-hybridized carbons (Fsp3) is 0.167. The lowest BCUT2D eigenvalue weighted by Crippen LogP contribution is -2.18. The summed E-state index contributed by atoms with van der Waals surface area (Å²) in [6, 6.07) is 6.60. The molecular formula is C12H12ClN3O2S. The quantitative estimate of drug-likeness (QED) is 0.858. The molecule has 2 aromatic heterocycles. The average Bonchev–Trinajstić information content (AvgIpc) is 2.37. The molecule has 2 aromatic rings. The molecule has 7 heteroatoms. The first-order valence-corrected chi connectivity index (χ1v) is 7.59. The molecule has 0 aliphatic carbocycles. The Hall–Kier alpha value is -1.66. The summed E-state index contributed by atoms with van der Waals surface area (Å²) in [6.45, 7) is 0. The van der Waals surface area contributed by atoms with Gasteiger partial charge in [-0.3, -0.25) is 9.71 Å². The van der Waals surface area contributed by atoms with Crippen molar-refractivity contribution in [2.75, 3.05) is 10.5 Å². The Bertz CT molecular complexity index is 647. The molecule has 0 spiro atoms. The SMILES string of the molecule is O=S(=O)(CCc1ccncc1)Nc1ccnc(Cl)c1. The Morgan fingerprint density at radius 1 is 1.16 bits per heavy atom. The number of halogens is 1. The number of nitrogens with one attached hydrogen (secondary N) is 1. The second kappa shape index (κ2) is 5.99. The summed E-state index contributed by atoms with van der Waals surface area (Å²) in [4.78, 5) is 7.67. The summed E-state index contributed by atoms with van der Waals surface area (Å²) < 4.78 is 26.3. The predicted molar refractivity (Wildman–Crippen MR) is 74.6 cm³/mol. The van der Waals surface area contributed by atoms with Crippen molar-refractivity contribution in [3.05, 3.63) is 53.6 Å². The number of aromatic nitrogens is 2. The first kappa shape index (κ1) is 13.8. The number of hydrogen-bond donors (Lipinski definition) is 1. The van der Waals surface area contributed by atoms with E-state index in [1.807, 2.05) is 0 Å². The van der Waals surface area contributed by atoms with Crippen molar-refractivity contribution in [1.29, 1.82) is 0 Å². The van der Waals surface area contributed by atoms with Gasteiger partial charge in [0, 0.05) is 18.6 Å². The summed E-state index contributed by atoms with van der Waals surface area (Å²) in [7, 11) is -3.41. The van der Waals surface area contributed by atoms with Crippen molar-refractivity contribution in [2.45, 2.75) is 6.42 Å². The van der Waals surface area contributed by atoms with Crippen molar-refractivity contribution in [1.82, 2.24) is 9.97 Å². The molecule has 19 heavy (non-hydrogen) atoms. The topological polar surface area (TPSA) is 72.0 Å². The molecule has 0 bridgehead atoms. The summed E-state index contributed by atoms with van der Waals surface area (Å²) in [5, 5.41) is 0.245. The van der Waals surface area contributed by atoms with Gasteiger partial charge in [0.25, 0.3) is 0 Å². The lowest BCUT2D eigenvalue weighted by Gasteiger charge is -2.07. The molecule has 1 N–H and O–H groups in total. The van der Waals surface area contributed by atoms with Crippen LogP contribution in [0.2, 0.25) is 5.15 Å². The van der Waals surface area contributed by atoms with E-state index in [0.29, 0.717) is 12.1 Å². The molecule has 0 aliphatic heterocycles. The minimum absolute atomic E-state index is 0.00302. The monoisotopic (exact) mass is 297 g/mol. The third-order valence-corrected chi connectivity index (χ3v) is 3.90. The smallest absolute Gasteiger partial charge is 0.233 e. The highest BCUT2D eigenvalue weighted by Gasteiger charge is 2.11. The second-order valence-electron chi connectivity index (χ2n) is 3.89. The molecule has 0 amide bonds. The van der Waals surface area contributed by atoms with E-state index in [0.717, 1.165) is 5.56 Å². The Morgan fingerprint density at radius 2 is 1.89 bits per heavy atom. The van der Waals surface area contributed by atoms with Crippen LogP contribution in [0.1, 0.15) is 5.56 Å². The molecule has 2 rings (SSSR count). The molecular weight excluding hydrogens is 286 g/mol. The number of rotatable bonds is 5. The maximum absolute atomic E-state index is 11.9. The molecule has 0 aliphatic rings. The van der Waals surface area contributed by atoms with E-state index in [9.17, 15) is 8.42 Å². The van der Waals surface area contributed by atoms with Gasteiger partial charge in [-0.05, 0) is 36.2 Å². The average molecular weight is 298 g/mol. The Labute approximate surface area is 116 Å². The van der Waals surface area contributed by atoms with Crippen molar-refractivity contribution >= 4 is 27.3 Å².